The molecule has 1 aromatic carbocycles. The Morgan fingerprint density at radius 2 is 2.00 bits per heavy atom. The van der Waals surface area contributed by atoms with Gasteiger partial charge in [0.2, 0.25) is 10.0 Å². The summed E-state index contributed by atoms with van der Waals surface area (Å²) in [5, 5.41) is 0. The zero-order chi connectivity index (χ0) is 14.8. The van der Waals surface area contributed by atoms with Gasteiger partial charge in [0.1, 0.15) is 5.82 Å². The predicted molar refractivity (Wildman–Crippen MR) is 79.6 cm³/mol. The van der Waals surface area contributed by atoms with Crippen molar-refractivity contribution in [2.45, 2.75) is 17.7 Å². The first-order valence-electron chi connectivity index (χ1n) is 6.55. The van der Waals surface area contributed by atoms with Crippen molar-refractivity contribution >= 4 is 26.0 Å². The van der Waals surface area contributed by atoms with E-state index >= 15 is 0 Å². The molecule has 0 amide bonds. The van der Waals surface area contributed by atoms with Gasteiger partial charge in [0.15, 0.2) is 0 Å². The molecule has 1 saturated heterocycles. The highest BCUT2D eigenvalue weighted by molar-refractivity contribution is 9.10. The molecule has 0 spiro atoms. The van der Waals surface area contributed by atoms with Gasteiger partial charge in [-0.15, -0.1) is 0 Å². The summed E-state index contributed by atoms with van der Waals surface area (Å²) in [6.07, 6.45) is 2.35. The molecule has 4 nitrogen and oxygen atoms in total. The molecule has 1 heterocycles. The van der Waals surface area contributed by atoms with Gasteiger partial charge in [0, 0.05) is 20.1 Å². The van der Waals surface area contributed by atoms with Crippen molar-refractivity contribution in [1.82, 2.24) is 9.21 Å². The number of sulfonamides is 1. The summed E-state index contributed by atoms with van der Waals surface area (Å²) in [6, 6.07) is 3.87. The molecule has 112 valence electrons. The Hall–Kier alpha value is -0.500. The number of hydrogen-bond donors (Lipinski definition) is 0. The Kier molecular flexibility index (Phi) is 5.17. The molecule has 0 aromatic heterocycles. The van der Waals surface area contributed by atoms with Gasteiger partial charge in [-0.1, -0.05) is 0 Å². The summed E-state index contributed by atoms with van der Waals surface area (Å²) >= 11 is 3.02. The minimum absolute atomic E-state index is 0.0119. The Morgan fingerprint density at radius 3 is 2.60 bits per heavy atom. The summed E-state index contributed by atoms with van der Waals surface area (Å²) < 4.78 is 39.7. The Morgan fingerprint density at radius 1 is 1.35 bits per heavy atom. The van der Waals surface area contributed by atoms with Gasteiger partial charge >= 0.3 is 0 Å². The van der Waals surface area contributed by atoms with E-state index in [1.54, 1.807) is 0 Å². The van der Waals surface area contributed by atoms with Gasteiger partial charge in [-0.05, 0) is 60.1 Å². The molecule has 2 rings (SSSR count). The summed E-state index contributed by atoms with van der Waals surface area (Å²) in [5.74, 6) is -0.570. The lowest BCUT2D eigenvalue weighted by Crippen LogP contribution is -2.35. The van der Waals surface area contributed by atoms with E-state index in [-0.39, 0.29) is 9.37 Å². The fraction of sp³-hybridized carbons (Fsp3) is 0.538. The topological polar surface area (TPSA) is 40.6 Å². The summed E-state index contributed by atoms with van der Waals surface area (Å²) in [5.41, 5.74) is 0. The Labute approximate surface area is 127 Å². The van der Waals surface area contributed by atoms with Gasteiger partial charge in [0.25, 0.3) is 0 Å². The second-order valence-electron chi connectivity index (χ2n) is 4.95. The van der Waals surface area contributed by atoms with E-state index in [0.29, 0.717) is 6.54 Å². The largest absolute Gasteiger partial charge is 0.302 e. The van der Waals surface area contributed by atoms with Gasteiger partial charge in [-0.2, -0.15) is 4.31 Å². The van der Waals surface area contributed by atoms with Crippen LogP contribution in [0, 0.1) is 5.82 Å². The first-order valence-corrected chi connectivity index (χ1v) is 8.78. The van der Waals surface area contributed by atoms with Crippen LogP contribution in [0.5, 0.6) is 0 Å². The minimum atomic E-state index is -3.62. The van der Waals surface area contributed by atoms with Crippen LogP contribution in [-0.2, 0) is 10.0 Å². The van der Waals surface area contributed by atoms with Crippen LogP contribution in [0.1, 0.15) is 12.8 Å². The van der Waals surface area contributed by atoms with Gasteiger partial charge in [-0.3, -0.25) is 0 Å². The van der Waals surface area contributed by atoms with Crippen LogP contribution < -0.4 is 0 Å². The molecule has 1 aromatic rings. The number of hydrogen-bond acceptors (Lipinski definition) is 3. The summed E-state index contributed by atoms with van der Waals surface area (Å²) in [7, 11) is -2.09. The third kappa shape index (κ3) is 3.58. The molecule has 20 heavy (non-hydrogen) atoms. The molecule has 0 radical (unpaired) electrons. The molecule has 0 unspecified atom stereocenters. The van der Waals surface area contributed by atoms with Crippen LogP contribution in [0.15, 0.2) is 27.6 Å². The van der Waals surface area contributed by atoms with Crippen molar-refractivity contribution < 1.29 is 12.8 Å². The van der Waals surface area contributed by atoms with Crippen molar-refractivity contribution in [1.29, 1.82) is 0 Å². The number of likely N-dealkylation sites (N-methyl/N-ethyl adjacent to an activating group) is 1. The van der Waals surface area contributed by atoms with E-state index in [4.69, 9.17) is 0 Å². The second kappa shape index (κ2) is 6.51. The van der Waals surface area contributed by atoms with Crippen LogP contribution in [0.25, 0.3) is 0 Å². The molecule has 7 heteroatoms. The number of likely N-dealkylation sites (tertiary alicyclic amines) is 1. The normalized spacial score (nSPS) is 17.0. The zero-order valence-corrected chi connectivity index (χ0v) is 13.8. The van der Waals surface area contributed by atoms with E-state index in [1.165, 1.54) is 36.3 Å². The van der Waals surface area contributed by atoms with Crippen LogP contribution in [0.2, 0.25) is 0 Å². The number of halogens is 2. The lowest BCUT2D eigenvalue weighted by Gasteiger charge is -2.21. The number of nitrogens with zero attached hydrogens (tertiary/aromatic N) is 2. The highest BCUT2D eigenvalue weighted by atomic mass is 79.9. The molecule has 0 aliphatic carbocycles. The van der Waals surface area contributed by atoms with Crippen LogP contribution in [0.3, 0.4) is 0 Å². The van der Waals surface area contributed by atoms with E-state index in [2.05, 4.69) is 20.8 Å². The van der Waals surface area contributed by atoms with E-state index < -0.39 is 15.8 Å². The Balaban J connectivity index is 2.06. The molecular formula is C13H18BrFN2O2S. The first-order chi connectivity index (χ1) is 9.41. The molecule has 0 saturated carbocycles. The molecule has 0 N–H and O–H groups in total. The van der Waals surface area contributed by atoms with Crippen molar-refractivity contribution in [2.75, 3.05) is 33.2 Å². The van der Waals surface area contributed by atoms with Crippen molar-refractivity contribution in [3.63, 3.8) is 0 Å². The van der Waals surface area contributed by atoms with Crippen LogP contribution in [-0.4, -0.2) is 50.8 Å². The van der Waals surface area contributed by atoms with Gasteiger partial charge in [0.05, 0.1) is 9.37 Å². The van der Waals surface area contributed by atoms with Gasteiger partial charge in [-0.25, -0.2) is 12.8 Å². The Bertz CT molecular complexity index is 574. The highest BCUT2D eigenvalue weighted by Crippen LogP contribution is 2.21. The third-order valence-electron chi connectivity index (χ3n) is 3.53. The van der Waals surface area contributed by atoms with Crippen molar-refractivity contribution in [3.05, 3.63) is 28.5 Å². The maximum Gasteiger partial charge on any atom is 0.242 e. The molecule has 1 aliphatic heterocycles. The standard InChI is InChI=1S/C13H18BrFN2O2S/c1-16(8-9-17-6-2-3-7-17)20(18,19)11-4-5-12(14)13(15)10-11/h4-5,10H,2-3,6-9H2,1H3. The van der Waals surface area contributed by atoms with Crippen LogP contribution in [0.4, 0.5) is 4.39 Å². The maximum absolute atomic E-state index is 13.5. The van der Waals surface area contributed by atoms with Crippen molar-refractivity contribution in [2.24, 2.45) is 0 Å². The SMILES string of the molecule is CN(CCN1CCCC1)S(=O)(=O)c1ccc(Br)c(F)c1. The molecule has 0 atom stereocenters. The summed E-state index contributed by atoms with van der Waals surface area (Å²) in [6.45, 7) is 3.19. The molecule has 1 aliphatic rings. The predicted octanol–water partition coefficient (Wildman–Crippen LogP) is 2.30. The average Bonchev–Trinajstić information content (AvgIpc) is 2.92. The van der Waals surface area contributed by atoms with E-state index in [0.717, 1.165) is 25.7 Å². The smallest absolute Gasteiger partial charge is 0.242 e. The fourth-order valence-corrected chi connectivity index (χ4v) is 3.65. The van der Waals surface area contributed by atoms with Gasteiger partial charge < -0.3 is 4.90 Å². The average molecular weight is 365 g/mol. The van der Waals surface area contributed by atoms with E-state index in [9.17, 15) is 12.8 Å². The monoisotopic (exact) mass is 364 g/mol. The second-order valence-corrected chi connectivity index (χ2v) is 7.85. The molecule has 1 fully saturated rings. The summed E-state index contributed by atoms with van der Waals surface area (Å²) in [4.78, 5) is 2.23. The van der Waals surface area contributed by atoms with Crippen molar-refractivity contribution in [3.8, 4) is 0 Å². The first kappa shape index (κ1) is 15.9. The quantitative estimate of drug-likeness (QED) is 0.804. The number of rotatable bonds is 5. The molecule has 0 bridgehead atoms. The lowest BCUT2D eigenvalue weighted by atomic mass is 10.3. The third-order valence-corrected chi connectivity index (χ3v) is 6.03. The zero-order valence-electron chi connectivity index (χ0n) is 11.3. The number of benzene rings is 1. The van der Waals surface area contributed by atoms with E-state index in [1.807, 2.05) is 0 Å². The highest BCUT2D eigenvalue weighted by Gasteiger charge is 2.22. The molecular weight excluding hydrogens is 347 g/mol. The minimum Gasteiger partial charge on any atom is -0.302 e. The van der Waals surface area contributed by atoms with Crippen LogP contribution >= 0.6 is 15.9 Å². The fourth-order valence-electron chi connectivity index (χ4n) is 2.23. The maximum atomic E-state index is 13.5. The lowest BCUT2D eigenvalue weighted by molar-refractivity contribution is 0.310.